The Morgan fingerprint density at radius 3 is 3.00 bits per heavy atom. The molecule has 138 valence electrons. The third-order valence-electron chi connectivity index (χ3n) is 4.74. The van der Waals surface area contributed by atoms with Crippen LogP contribution in [-0.4, -0.2) is 37.5 Å². The number of rotatable bonds is 7. The first-order valence-electron chi connectivity index (χ1n) is 9.05. The molecule has 1 amide bonds. The van der Waals surface area contributed by atoms with Crippen LogP contribution in [-0.2, 0) is 11.3 Å². The van der Waals surface area contributed by atoms with Crippen molar-refractivity contribution < 1.29 is 4.79 Å². The summed E-state index contributed by atoms with van der Waals surface area (Å²) in [5.41, 5.74) is 0.897. The summed E-state index contributed by atoms with van der Waals surface area (Å²) in [7, 11) is 0. The van der Waals surface area contributed by atoms with Crippen LogP contribution in [0.25, 0.3) is 11.4 Å². The van der Waals surface area contributed by atoms with Gasteiger partial charge in [-0.05, 0) is 30.9 Å². The molecule has 0 spiro atoms. The molecule has 1 fully saturated rings. The minimum atomic E-state index is 0.0600. The van der Waals surface area contributed by atoms with Gasteiger partial charge in [0.25, 0.3) is 0 Å². The molecular formula is C19H25N5OS. The molecule has 0 unspecified atom stereocenters. The fourth-order valence-corrected chi connectivity index (χ4v) is 4.07. The highest BCUT2D eigenvalue weighted by atomic mass is 32.2. The zero-order valence-electron chi connectivity index (χ0n) is 15.1. The molecule has 7 heteroatoms. The van der Waals surface area contributed by atoms with Crippen LogP contribution >= 0.6 is 11.8 Å². The van der Waals surface area contributed by atoms with Gasteiger partial charge < -0.3 is 5.32 Å². The maximum absolute atomic E-state index is 12.4. The van der Waals surface area contributed by atoms with E-state index < -0.39 is 0 Å². The molecule has 1 saturated carbocycles. The predicted molar refractivity (Wildman–Crippen MR) is 104 cm³/mol. The van der Waals surface area contributed by atoms with E-state index in [0.717, 1.165) is 23.0 Å². The van der Waals surface area contributed by atoms with Gasteiger partial charge in [0.05, 0.1) is 5.75 Å². The lowest BCUT2D eigenvalue weighted by Gasteiger charge is -2.29. The number of allylic oxidation sites excluding steroid dienone is 1. The Labute approximate surface area is 158 Å². The van der Waals surface area contributed by atoms with E-state index in [1.165, 1.54) is 31.0 Å². The summed E-state index contributed by atoms with van der Waals surface area (Å²) in [6.45, 7) is 6.62. The van der Waals surface area contributed by atoms with E-state index in [9.17, 15) is 4.79 Å². The zero-order valence-corrected chi connectivity index (χ0v) is 15.9. The van der Waals surface area contributed by atoms with Gasteiger partial charge >= 0.3 is 0 Å². The van der Waals surface area contributed by atoms with Gasteiger partial charge in [0.2, 0.25) is 5.91 Å². The van der Waals surface area contributed by atoms with Crippen molar-refractivity contribution >= 4 is 17.7 Å². The first-order valence-corrected chi connectivity index (χ1v) is 10.0. The van der Waals surface area contributed by atoms with Gasteiger partial charge in [0.1, 0.15) is 0 Å². The van der Waals surface area contributed by atoms with E-state index in [1.807, 2.05) is 16.7 Å². The van der Waals surface area contributed by atoms with Gasteiger partial charge in [-0.15, -0.1) is 16.8 Å². The van der Waals surface area contributed by atoms with Gasteiger partial charge in [-0.2, -0.15) is 0 Å². The average Bonchev–Trinajstić information content (AvgIpc) is 3.06. The second kappa shape index (κ2) is 8.98. The van der Waals surface area contributed by atoms with E-state index >= 15 is 0 Å². The Morgan fingerprint density at radius 2 is 2.27 bits per heavy atom. The number of thioether (sulfide) groups is 1. The molecule has 2 aromatic heterocycles. The number of nitrogens with zero attached hydrogens (tertiary/aromatic N) is 4. The van der Waals surface area contributed by atoms with Crippen LogP contribution in [0.4, 0.5) is 0 Å². The Bertz CT molecular complexity index is 746. The van der Waals surface area contributed by atoms with Crippen LogP contribution in [0.15, 0.2) is 42.3 Å². The van der Waals surface area contributed by atoms with Gasteiger partial charge in [-0.25, -0.2) is 0 Å². The predicted octanol–water partition coefficient (Wildman–Crippen LogP) is 3.31. The van der Waals surface area contributed by atoms with Crippen LogP contribution in [0, 0.1) is 5.92 Å². The number of carbonyl (C=O) groups excluding carboxylic acids is 1. The Balaban J connectivity index is 1.65. The summed E-state index contributed by atoms with van der Waals surface area (Å²) in [4.78, 5) is 16.5. The monoisotopic (exact) mass is 371 g/mol. The van der Waals surface area contributed by atoms with E-state index in [4.69, 9.17) is 0 Å². The minimum absolute atomic E-state index is 0.0600. The standard InChI is InChI=1S/C19H25N5OS/c1-3-11-24-18(15-8-6-10-20-12-15)22-23-19(24)26-13-17(25)21-16-9-5-4-7-14(16)2/h3,6,8,10,12,14,16H,1,4-5,7,9,11,13H2,2H3,(H,21,25)/t14-,16+/m1/s1. The van der Waals surface area contributed by atoms with Crippen molar-refractivity contribution in [3.8, 4) is 11.4 Å². The Kier molecular flexibility index (Phi) is 6.44. The van der Waals surface area contributed by atoms with E-state index in [2.05, 4.69) is 34.0 Å². The topological polar surface area (TPSA) is 72.7 Å². The molecule has 2 atom stereocenters. The van der Waals surface area contributed by atoms with E-state index in [-0.39, 0.29) is 5.91 Å². The van der Waals surface area contributed by atoms with Gasteiger partial charge in [0, 0.05) is 30.5 Å². The van der Waals surface area contributed by atoms with Crippen LogP contribution in [0.3, 0.4) is 0 Å². The molecule has 6 nitrogen and oxygen atoms in total. The number of hydrogen-bond acceptors (Lipinski definition) is 5. The lowest BCUT2D eigenvalue weighted by Crippen LogP contribution is -2.41. The number of amides is 1. The van der Waals surface area contributed by atoms with Crippen LogP contribution < -0.4 is 5.32 Å². The minimum Gasteiger partial charge on any atom is -0.352 e. The van der Waals surface area contributed by atoms with E-state index in [0.29, 0.717) is 24.3 Å². The van der Waals surface area contributed by atoms with Crippen LogP contribution in [0.5, 0.6) is 0 Å². The molecule has 0 aliphatic heterocycles. The highest BCUT2D eigenvalue weighted by Gasteiger charge is 2.23. The molecule has 0 aromatic carbocycles. The molecule has 1 aliphatic rings. The van der Waals surface area contributed by atoms with Gasteiger partial charge in [-0.3, -0.25) is 14.3 Å². The molecule has 0 radical (unpaired) electrons. The van der Waals surface area contributed by atoms with Crippen molar-refractivity contribution in [2.75, 3.05) is 5.75 Å². The second-order valence-corrected chi connectivity index (χ2v) is 7.61. The summed E-state index contributed by atoms with van der Waals surface area (Å²) >= 11 is 1.41. The number of aromatic nitrogens is 4. The lowest BCUT2D eigenvalue weighted by atomic mass is 9.86. The van der Waals surface area contributed by atoms with Crippen molar-refractivity contribution in [3.05, 3.63) is 37.2 Å². The maximum Gasteiger partial charge on any atom is 0.230 e. The van der Waals surface area contributed by atoms with Crippen molar-refractivity contribution in [3.63, 3.8) is 0 Å². The molecule has 26 heavy (non-hydrogen) atoms. The molecule has 1 N–H and O–H groups in total. The molecule has 0 bridgehead atoms. The summed E-state index contributed by atoms with van der Waals surface area (Å²) < 4.78 is 1.96. The van der Waals surface area contributed by atoms with Crippen LogP contribution in [0.2, 0.25) is 0 Å². The second-order valence-electron chi connectivity index (χ2n) is 6.67. The Hall–Kier alpha value is -2.15. The highest BCUT2D eigenvalue weighted by molar-refractivity contribution is 7.99. The zero-order chi connectivity index (χ0) is 18.4. The number of hydrogen-bond donors (Lipinski definition) is 1. The first-order chi connectivity index (χ1) is 12.7. The van der Waals surface area contributed by atoms with Crippen molar-refractivity contribution in [1.82, 2.24) is 25.1 Å². The van der Waals surface area contributed by atoms with Gasteiger partial charge in [0.15, 0.2) is 11.0 Å². The smallest absolute Gasteiger partial charge is 0.230 e. The quantitative estimate of drug-likeness (QED) is 0.597. The summed E-state index contributed by atoms with van der Waals surface area (Å²) in [5, 5.41) is 12.4. The largest absolute Gasteiger partial charge is 0.352 e. The summed E-state index contributed by atoms with van der Waals surface area (Å²) in [5.74, 6) is 1.69. The number of nitrogens with one attached hydrogen (secondary N) is 1. The third kappa shape index (κ3) is 4.52. The van der Waals surface area contributed by atoms with Crippen molar-refractivity contribution in [1.29, 1.82) is 0 Å². The van der Waals surface area contributed by atoms with Crippen molar-refractivity contribution in [2.24, 2.45) is 5.92 Å². The maximum atomic E-state index is 12.4. The molecular weight excluding hydrogens is 346 g/mol. The number of pyridine rings is 1. The molecule has 3 rings (SSSR count). The normalized spacial score (nSPS) is 19.9. The molecule has 1 aliphatic carbocycles. The number of carbonyl (C=O) groups is 1. The van der Waals surface area contributed by atoms with Gasteiger partial charge in [-0.1, -0.05) is 37.6 Å². The van der Waals surface area contributed by atoms with Crippen molar-refractivity contribution in [2.45, 2.75) is 50.4 Å². The van der Waals surface area contributed by atoms with E-state index in [1.54, 1.807) is 18.5 Å². The Morgan fingerprint density at radius 1 is 1.42 bits per heavy atom. The average molecular weight is 372 g/mol. The fourth-order valence-electron chi connectivity index (χ4n) is 3.31. The first kappa shape index (κ1) is 18.6. The lowest BCUT2D eigenvalue weighted by molar-refractivity contribution is -0.119. The molecule has 2 heterocycles. The molecule has 0 saturated heterocycles. The third-order valence-corrected chi connectivity index (χ3v) is 5.71. The van der Waals surface area contributed by atoms with Crippen LogP contribution in [0.1, 0.15) is 32.6 Å². The molecule has 2 aromatic rings. The SMILES string of the molecule is C=CCn1c(SCC(=O)N[C@H]2CCCC[C@H]2C)nnc1-c1cccnc1. The summed E-state index contributed by atoms with van der Waals surface area (Å²) in [6, 6.07) is 4.12. The highest BCUT2D eigenvalue weighted by Crippen LogP contribution is 2.25. The summed E-state index contributed by atoms with van der Waals surface area (Å²) in [6.07, 6.45) is 10.0. The fraction of sp³-hybridized carbons (Fsp3) is 0.474.